The molecule has 2 heterocycles. The molecule has 0 aromatic carbocycles. The van der Waals surface area contributed by atoms with Crippen LogP contribution >= 0.6 is 19.4 Å². The van der Waals surface area contributed by atoms with Gasteiger partial charge in [0, 0.05) is 12.2 Å². The summed E-state index contributed by atoms with van der Waals surface area (Å²) in [7, 11) is -4.99. The molecule has 2 aromatic rings. The SMILES string of the molecule is C[C@H](Cn1cnc2c(N)ncnc21)OCP(=O)(O)OCCSCCCCCCCCCCCCCC#C[Si](C)(C)C. The zero-order valence-corrected chi connectivity index (χ0v) is 28.4. The Balaban J connectivity index is 1.37. The number of fused-ring (bicyclic) bond motifs is 1. The Kier molecular flexibility index (Phi) is 17.2. The zero-order valence-electron chi connectivity index (χ0n) is 25.6. The third kappa shape index (κ3) is 16.7. The van der Waals surface area contributed by atoms with Crippen LogP contribution in [0.3, 0.4) is 0 Å². The lowest BCUT2D eigenvalue weighted by atomic mass is 10.1. The van der Waals surface area contributed by atoms with E-state index in [-0.39, 0.29) is 19.1 Å². The fourth-order valence-corrected chi connectivity index (χ4v) is 6.78. The number of nitrogens with zero attached hydrogens (tertiary/aromatic N) is 4. The van der Waals surface area contributed by atoms with Gasteiger partial charge < -0.3 is 24.5 Å². The molecule has 2 atom stereocenters. The first-order valence-electron chi connectivity index (χ1n) is 15.1. The van der Waals surface area contributed by atoms with Crippen molar-refractivity contribution in [3.63, 3.8) is 0 Å². The minimum absolute atomic E-state index is 0.240. The van der Waals surface area contributed by atoms with Crippen LogP contribution in [0.4, 0.5) is 5.82 Å². The Morgan fingerprint density at radius 2 is 1.63 bits per heavy atom. The number of ether oxygens (including phenoxy) is 1. The van der Waals surface area contributed by atoms with Crippen molar-refractivity contribution < 1.29 is 18.7 Å². The molecule has 0 bridgehead atoms. The summed E-state index contributed by atoms with van der Waals surface area (Å²) in [6, 6.07) is 0. The monoisotopic (exact) mass is 625 g/mol. The minimum Gasteiger partial charge on any atom is -0.382 e. The van der Waals surface area contributed by atoms with Gasteiger partial charge in [0.2, 0.25) is 0 Å². The lowest BCUT2D eigenvalue weighted by molar-refractivity contribution is 0.0724. The van der Waals surface area contributed by atoms with E-state index in [2.05, 4.69) is 46.1 Å². The van der Waals surface area contributed by atoms with Crippen molar-refractivity contribution in [2.75, 3.05) is 30.2 Å². The highest BCUT2D eigenvalue weighted by Crippen LogP contribution is 2.42. The Bertz CT molecular complexity index is 1120. The van der Waals surface area contributed by atoms with Crippen molar-refractivity contribution in [1.29, 1.82) is 0 Å². The van der Waals surface area contributed by atoms with Crippen molar-refractivity contribution in [3.05, 3.63) is 12.7 Å². The molecule has 0 radical (unpaired) electrons. The Morgan fingerprint density at radius 1 is 1.00 bits per heavy atom. The van der Waals surface area contributed by atoms with Gasteiger partial charge in [-0.3, -0.25) is 4.57 Å². The van der Waals surface area contributed by atoms with Crippen LogP contribution in [0.1, 0.15) is 84.0 Å². The van der Waals surface area contributed by atoms with Crippen molar-refractivity contribution in [3.8, 4) is 11.5 Å². The lowest BCUT2D eigenvalue weighted by Crippen LogP contribution is -2.17. The van der Waals surface area contributed by atoms with Crippen molar-refractivity contribution in [1.82, 2.24) is 19.5 Å². The maximum Gasteiger partial charge on any atom is 0.353 e. The van der Waals surface area contributed by atoms with E-state index < -0.39 is 15.7 Å². The van der Waals surface area contributed by atoms with Crippen LogP contribution in [-0.4, -0.2) is 63.1 Å². The van der Waals surface area contributed by atoms with Gasteiger partial charge in [-0.15, -0.1) is 11.5 Å². The number of hydrogen-bond acceptors (Lipinski definition) is 8. The van der Waals surface area contributed by atoms with Gasteiger partial charge in [-0.2, -0.15) is 11.8 Å². The van der Waals surface area contributed by atoms with Crippen LogP contribution in [0.2, 0.25) is 19.6 Å². The molecule has 3 N–H and O–H groups in total. The Hall–Kier alpha value is -1.41. The van der Waals surface area contributed by atoms with E-state index in [0.717, 1.165) is 12.2 Å². The maximum atomic E-state index is 12.3. The largest absolute Gasteiger partial charge is 0.382 e. The quantitative estimate of drug-likeness (QED) is 0.0601. The number of thioether (sulfide) groups is 1. The molecule has 0 saturated heterocycles. The molecule has 232 valence electrons. The summed E-state index contributed by atoms with van der Waals surface area (Å²) >= 11 is 1.77. The molecular weight excluding hydrogens is 573 g/mol. The molecule has 0 aliphatic rings. The Labute approximate surface area is 252 Å². The number of nitrogen functional groups attached to an aromatic ring is 1. The smallest absolute Gasteiger partial charge is 0.353 e. The third-order valence-corrected chi connectivity index (χ3v) is 9.50. The van der Waals surface area contributed by atoms with Gasteiger partial charge in [0.05, 0.1) is 25.6 Å². The first-order chi connectivity index (χ1) is 19.6. The van der Waals surface area contributed by atoms with Crippen LogP contribution in [0, 0.1) is 11.5 Å². The van der Waals surface area contributed by atoms with Gasteiger partial charge in [-0.1, -0.05) is 77.4 Å². The second kappa shape index (κ2) is 19.7. The highest BCUT2D eigenvalue weighted by molar-refractivity contribution is 7.99. The van der Waals surface area contributed by atoms with Crippen LogP contribution in [0.15, 0.2) is 12.7 Å². The molecule has 12 heteroatoms. The summed E-state index contributed by atoms with van der Waals surface area (Å²) in [6.07, 6.45) is 17.8. The fourth-order valence-electron chi connectivity index (χ4n) is 4.30. The normalized spacial score (nSPS) is 14.1. The van der Waals surface area contributed by atoms with E-state index in [1.807, 2.05) is 6.92 Å². The number of hydrogen-bond donors (Lipinski definition) is 2. The molecule has 2 aromatic heterocycles. The van der Waals surface area contributed by atoms with Gasteiger partial charge in [0.25, 0.3) is 0 Å². The topological polar surface area (TPSA) is 125 Å². The van der Waals surface area contributed by atoms with E-state index in [9.17, 15) is 9.46 Å². The predicted octanol–water partition coefficient (Wildman–Crippen LogP) is 7.27. The fraction of sp³-hybridized carbons (Fsp3) is 0.759. The van der Waals surface area contributed by atoms with E-state index in [1.54, 1.807) is 22.7 Å². The molecule has 1 unspecified atom stereocenters. The molecule has 0 saturated carbocycles. The van der Waals surface area contributed by atoms with Crippen molar-refractivity contribution >= 4 is 44.4 Å². The summed E-state index contributed by atoms with van der Waals surface area (Å²) in [5.74, 6) is 5.44. The van der Waals surface area contributed by atoms with Crippen LogP contribution < -0.4 is 5.73 Å². The number of rotatable bonds is 22. The first-order valence-corrected chi connectivity index (χ1v) is 21.6. The van der Waals surface area contributed by atoms with Crippen molar-refractivity contribution in [2.24, 2.45) is 0 Å². The van der Waals surface area contributed by atoms with E-state index in [0.29, 0.717) is 29.3 Å². The zero-order chi connectivity index (χ0) is 30.0. The molecular formula is C29H52N5O4PSSi. The molecule has 0 fully saturated rings. The van der Waals surface area contributed by atoms with E-state index in [1.165, 1.54) is 77.0 Å². The first kappa shape index (κ1) is 35.8. The predicted molar refractivity (Wildman–Crippen MR) is 175 cm³/mol. The second-order valence-electron chi connectivity index (χ2n) is 11.7. The highest BCUT2D eigenvalue weighted by Gasteiger charge is 2.21. The molecule has 0 spiro atoms. The maximum absolute atomic E-state index is 12.3. The number of imidazole rings is 1. The summed E-state index contributed by atoms with van der Waals surface area (Å²) in [4.78, 5) is 22.4. The molecule has 9 nitrogen and oxygen atoms in total. The van der Waals surface area contributed by atoms with Gasteiger partial charge in [0.1, 0.15) is 26.3 Å². The summed E-state index contributed by atoms with van der Waals surface area (Å²) in [6.45, 7) is 9.38. The van der Waals surface area contributed by atoms with Gasteiger partial charge in [-0.25, -0.2) is 15.0 Å². The molecule has 2 rings (SSSR count). The number of anilines is 1. The van der Waals surface area contributed by atoms with E-state index in [4.69, 9.17) is 15.0 Å². The van der Waals surface area contributed by atoms with Gasteiger partial charge in [-0.05, 0) is 25.5 Å². The summed E-state index contributed by atoms with van der Waals surface area (Å²) < 4.78 is 24.9. The Morgan fingerprint density at radius 3 is 2.29 bits per heavy atom. The third-order valence-electron chi connectivity index (χ3n) is 6.48. The average Bonchev–Trinajstić information content (AvgIpc) is 3.32. The van der Waals surface area contributed by atoms with Crippen LogP contribution in [-0.2, 0) is 20.4 Å². The number of nitrogens with two attached hydrogens (primary N) is 1. The van der Waals surface area contributed by atoms with Crippen molar-refractivity contribution in [2.45, 2.75) is 116 Å². The molecule has 41 heavy (non-hydrogen) atoms. The standard InChI is InChI=1S/C29H52N5O4PSSi/c1-26(22-34-24-33-27-28(30)31-23-32-29(27)34)37-25-39(35,36)38-18-20-40-19-16-14-12-10-8-6-5-7-9-11-13-15-17-21-41(2,3)4/h23-24,26H,5-16,18-20,22,25H2,1-4H3,(H,35,36)(H2,30,31,32)/t26-/m1/s1. The average molecular weight is 626 g/mol. The number of aromatic nitrogens is 4. The molecule has 0 amide bonds. The molecule has 0 aliphatic carbocycles. The van der Waals surface area contributed by atoms with Gasteiger partial charge in [0.15, 0.2) is 11.5 Å². The minimum atomic E-state index is -3.80. The second-order valence-corrected chi connectivity index (χ2v) is 19.5. The highest BCUT2D eigenvalue weighted by atomic mass is 32.2. The van der Waals surface area contributed by atoms with E-state index >= 15 is 0 Å². The van der Waals surface area contributed by atoms with Crippen LogP contribution in [0.5, 0.6) is 0 Å². The summed E-state index contributed by atoms with van der Waals surface area (Å²) in [5, 5.41) is 0. The lowest BCUT2D eigenvalue weighted by Gasteiger charge is -2.17. The number of unbranched alkanes of at least 4 members (excludes halogenated alkanes) is 11. The molecule has 0 aliphatic heterocycles. The summed E-state index contributed by atoms with van der Waals surface area (Å²) in [5.41, 5.74) is 10.4. The van der Waals surface area contributed by atoms with Crippen LogP contribution in [0.25, 0.3) is 11.2 Å². The van der Waals surface area contributed by atoms with Gasteiger partial charge >= 0.3 is 7.60 Å².